The molecule has 0 aliphatic heterocycles. The lowest BCUT2D eigenvalue weighted by molar-refractivity contribution is -0.254. The quantitative estimate of drug-likeness (QED) is 0.921. The van der Waals surface area contributed by atoms with E-state index in [0.29, 0.717) is 10.9 Å². The largest absolute Gasteiger partial charge is 0.545 e. The second kappa shape index (κ2) is 5.82. The maximum absolute atomic E-state index is 11.7. The zero-order valence-electron chi connectivity index (χ0n) is 9.62. The molecular formula is C12H13BrNO3-. The number of hydrogen-bond donors (Lipinski definition) is 1. The number of carboxylic acids is 1. The summed E-state index contributed by atoms with van der Waals surface area (Å²) in [5.74, 6) is -1.67. The molecule has 0 saturated heterocycles. The Balaban J connectivity index is 2.98. The van der Waals surface area contributed by atoms with Crippen molar-refractivity contribution in [2.45, 2.75) is 20.3 Å². The van der Waals surface area contributed by atoms with Gasteiger partial charge in [0.2, 0.25) is 5.91 Å². The van der Waals surface area contributed by atoms with Crippen LogP contribution in [0.2, 0.25) is 0 Å². The second-order valence-corrected chi connectivity index (χ2v) is 4.69. The van der Waals surface area contributed by atoms with E-state index in [1.807, 2.05) is 6.92 Å². The predicted octanol–water partition coefficient (Wildman–Crippen LogP) is 1.80. The molecule has 4 nitrogen and oxygen atoms in total. The van der Waals surface area contributed by atoms with Crippen LogP contribution in [-0.2, 0) is 4.79 Å². The van der Waals surface area contributed by atoms with Crippen molar-refractivity contribution in [3.8, 4) is 0 Å². The number of anilines is 1. The van der Waals surface area contributed by atoms with Gasteiger partial charge in [-0.15, -0.1) is 0 Å². The van der Waals surface area contributed by atoms with Gasteiger partial charge in [0.1, 0.15) is 0 Å². The lowest BCUT2D eigenvalue weighted by Crippen LogP contribution is -2.26. The Hall–Kier alpha value is -1.36. The van der Waals surface area contributed by atoms with Crippen molar-refractivity contribution in [2.24, 2.45) is 5.92 Å². The van der Waals surface area contributed by atoms with Crippen LogP contribution in [0.1, 0.15) is 30.6 Å². The van der Waals surface area contributed by atoms with E-state index in [9.17, 15) is 14.7 Å². The minimum absolute atomic E-state index is 0.0315. The number of amides is 1. The Labute approximate surface area is 108 Å². The highest BCUT2D eigenvalue weighted by Crippen LogP contribution is 2.21. The van der Waals surface area contributed by atoms with Crippen LogP contribution in [0.3, 0.4) is 0 Å². The van der Waals surface area contributed by atoms with Gasteiger partial charge in [-0.2, -0.15) is 0 Å². The molecule has 0 saturated carbocycles. The number of rotatable bonds is 4. The minimum atomic E-state index is -1.31. The molecule has 0 spiro atoms. The summed E-state index contributed by atoms with van der Waals surface area (Å²) in [5.41, 5.74) is 0.231. The van der Waals surface area contributed by atoms with Crippen molar-refractivity contribution in [3.05, 3.63) is 28.2 Å². The summed E-state index contributed by atoms with van der Waals surface area (Å²) in [6.45, 7) is 3.68. The van der Waals surface area contributed by atoms with Crippen molar-refractivity contribution in [1.82, 2.24) is 0 Å². The van der Waals surface area contributed by atoms with Crippen LogP contribution in [0.5, 0.6) is 0 Å². The molecule has 0 unspecified atom stereocenters. The van der Waals surface area contributed by atoms with E-state index in [4.69, 9.17) is 0 Å². The standard InChI is InChI=1S/C12H14BrNO3/c1-3-7(2)11(15)14-10-5-4-8(13)6-9(10)12(16)17/h4-7H,3H2,1-2H3,(H,14,15)(H,16,17)/p-1/t7-/m0/s1. The van der Waals surface area contributed by atoms with Crippen LogP contribution in [0, 0.1) is 5.92 Å². The van der Waals surface area contributed by atoms with Gasteiger partial charge in [-0.25, -0.2) is 0 Å². The lowest BCUT2D eigenvalue weighted by Gasteiger charge is -2.14. The predicted molar refractivity (Wildman–Crippen MR) is 66.6 cm³/mol. The van der Waals surface area contributed by atoms with E-state index in [-0.39, 0.29) is 23.1 Å². The summed E-state index contributed by atoms with van der Waals surface area (Å²) in [5, 5.41) is 13.5. The Morgan fingerprint density at radius 2 is 2.12 bits per heavy atom. The van der Waals surface area contributed by atoms with E-state index in [2.05, 4.69) is 21.2 Å². The van der Waals surface area contributed by atoms with Crippen molar-refractivity contribution in [3.63, 3.8) is 0 Å². The van der Waals surface area contributed by atoms with Crippen molar-refractivity contribution in [1.29, 1.82) is 0 Å². The normalized spacial score (nSPS) is 11.9. The summed E-state index contributed by atoms with van der Waals surface area (Å²) in [6.07, 6.45) is 0.697. The molecule has 92 valence electrons. The average molecular weight is 299 g/mol. The Morgan fingerprint density at radius 1 is 1.47 bits per heavy atom. The zero-order valence-corrected chi connectivity index (χ0v) is 11.2. The highest BCUT2D eigenvalue weighted by molar-refractivity contribution is 9.10. The molecule has 1 atom stereocenters. The number of carbonyl (C=O) groups excluding carboxylic acids is 2. The van der Waals surface area contributed by atoms with Crippen LogP contribution in [0.4, 0.5) is 5.69 Å². The Bertz CT molecular complexity index is 445. The fourth-order valence-corrected chi connectivity index (χ4v) is 1.60. The summed E-state index contributed by atoms with van der Waals surface area (Å²) in [6, 6.07) is 4.61. The topological polar surface area (TPSA) is 69.2 Å². The molecule has 1 aromatic rings. The molecule has 5 heteroatoms. The molecule has 0 heterocycles. The molecule has 0 fully saturated rings. The van der Waals surface area contributed by atoms with Crippen LogP contribution < -0.4 is 10.4 Å². The number of benzene rings is 1. The smallest absolute Gasteiger partial charge is 0.227 e. The first-order valence-corrected chi connectivity index (χ1v) is 6.06. The first-order valence-electron chi connectivity index (χ1n) is 5.27. The molecule has 0 aromatic heterocycles. The fourth-order valence-electron chi connectivity index (χ4n) is 1.24. The lowest BCUT2D eigenvalue weighted by atomic mass is 10.1. The molecule has 0 bridgehead atoms. The van der Waals surface area contributed by atoms with Crippen LogP contribution >= 0.6 is 15.9 Å². The summed E-state index contributed by atoms with van der Waals surface area (Å²) in [4.78, 5) is 22.6. The minimum Gasteiger partial charge on any atom is -0.545 e. The van der Waals surface area contributed by atoms with E-state index in [1.165, 1.54) is 12.1 Å². The molecular weight excluding hydrogens is 286 g/mol. The fraction of sp³-hybridized carbons (Fsp3) is 0.333. The van der Waals surface area contributed by atoms with Crippen molar-refractivity contribution >= 4 is 33.5 Å². The SMILES string of the molecule is CC[C@H](C)C(=O)Nc1ccc(Br)cc1C(=O)[O-]. The summed E-state index contributed by atoms with van der Waals surface area (Å²) in [7, 11) is 0. The van der Waals surface area contributed by atoms with Gasteiger partial charge in [-0.3, -0.25) is 4.79 Å². The monoisotopic (exact) mass is 298 g/mol. The zero-order chi connectivity index (χ0) is 13.0. The second-order valence-electron chi connectivity index (χ2n) is 3.78. The van der Waals surface area contributed by atoms with Crippen molar-refractivity contribution < 1.29 is 14.7 Å². The van der Waals surface area contributed by atoms with Gasteiger partial charge in [-0.05, 0) is 24.6 Å². The number of nitrogens with one attached hydrogen (secondary N) is 1. The number of aromatic carboxylic acids is 1. The number of carboxylic acid groups (broad SMARTS) is 1. The molecule has 1 rings (SSSR count). The van der Waals surface area contributed by atoms with Gasteiger partial charge < -0.3 is 15.2 Å². The van der Waals surface area contributed by atoms with E-state index < -0.39 is 5.97 Å². The molecule has 0 aliphatic rings. The molecule has 1 amide bonds. The Kier molecular flexibility index (Phi) is 4.69. The third-order valence-corrected chi connectivity index (χ3v) is 3.01. The Morgan fingerprint density at radius 3 is 2.65 bits per heavy atom. The van der Waals surface area contributed by atoms with Gasteiger partial charge in [-0.1, -0.05) is 29.8 Å². The maximum atomic E-state index is 11.7. The number of hydrogen-bond acceptors (Lipinski definition) is 3. The number of carbonyl (C=O) groups is 2. The molecule has 17 heavy (non-hydrogen) atoms. The summed E-state index contributed by atoms with van der Waals surface area (Å²) < 4.78 is 0.623. The first-order chi connectivity index (χ1) is 7.95. The highest BCUT2D eigenvalue weighted by atomic mass is 79.9. The third kappa shape index (κ3) is 3.56. The van der Waals surface area contributed by atoms with E-state index in [0.717, 1.165) is 0 Å². The van der Waals surface area contributed by atoms with Crippen LogP contribution in [0.15, 0.2) is 22.7 Å². The average Bonchev–Trinajstić information content (AvgIpc) is 2.29. The number of halogens is 1. The molecule has 1 N–H and O–H groups in total. The van der Waals surface area contributed by atoms with E-state index in [1.54, 1.807) is 13.0 Å². The van der Waals surface area contributed by atoms with Gasteiger partial charge in [0.05, 0.1) is 5.97 Å². The van der Waals surface area contributed by atoms with Gasteiger partial charge in [0.25, 0.3) is 0 Å². The maximum Gasteiger partial charge on any atom is 0.227 e. The molecule has 0 aliphatic carbocycles. The van der Waals surface area contributed by atoms with Gasteiger partial charge in [0, 0.05) is 21.6 Å². The first kappa shape index (κ1) is 13.7. The van der Waals surface area contributed by atoms with Gasteiger partial charge in [0.15, 0.2) is 0 Å². The molecule has 1 aromatic carbocycles. The highest BCUT2D eigenvalue weighted by Gasteiger charge is 2.13. The van der Waals surface area contributed by atoms with Crippen LogP contribution in [0.25, 0.3) is 0 Å². The summed E-state index contributed by atoms with van der Waals surface area (Å²) >= 11 is 3.17. The van der Waals surface area contributed by atoms with E-state index >= 15 is 0 Å². The third-order valence-electron chi connectivity index (χ3n) is 2.52. The van der Waals surface area contributed by atoms with Gasteiger partial charge >= 0.3 is 0 Å². The van der Waals surface area contributed by atoms with Crippen LogP contribution in [-0.4, -0.2) is 11.9 Å². The molecule has 0 radical (unpaired) electrons. The van der Waals surface area contributed by atoms with Crippen molar-refractivity contribution in [2.75, 3.05) is 5.32 Å².